The third-order valence-corrected chi connectivity index (χ3v) is 5.53. The van der Waals surface area contributed by atoms with E-state index in [2.05, 4.69) is 14.9 Å². The van der Waals surface area contributed by atoms with E-state index in [4.69, 9.17) is 11.6 Å². The van der Waals surface area contributed by atoms with Crippen LogP contribution in [0, 0.1) is 0 Å². The number of H-pyrrole nitrogens is 1. The number of nitrogens with zero attached hydrogens (tertiary/aromatic N) is 3. The van der Waals surface area contributed by atoms with Crippen LogP contribution < -0.4 is 5.43 Å². The Morgan fingerprint density at radius 1 is 1.11 bits per heavy atom. The molecule has 0 saturated carbocycles. The number of hydrogen-bond acceptors (Lipinski definition) is 4. The molecule has 4 rings (SSSR count). The molecule has 0 radical (unpaired) electrons. The van der Waals surface area contributed by atoms with E-state index >= 15 is 0 Å². The number of rotatable bonds is 4. The number of nitrogens with one attached hydrogen (secondary N) is 1. The van der Waals surface area contributed by atoms with Gasteiger partial charge in [-0.25, -0.2) is 0 Å². The Morgan fingerprint density at radius 2 is 1.86 bits per heavy atom. The van der Waals surface area contributed by atoms with Gasteiger partial charge < -0.3 is 9.88 Å². The summed E-state index contributed by atoms with van der Waals surface area (Å²) in [6.07, 6.45) is 6.05. The third kappa shape index (κ3) is 3.79. The summed E-state index contributed by atoms with van der Waals surface area (Å²) in [7, 11) is 0. The molecule has 144 valence electrons. The molecule has 1 aliphatic rings. The number of benzene rings is 1. The molecule has 0 aliphatic carbocycles. The van der Waals surface area contributed by atoms with Crippen molar-refractivity contribution in [3.8, 4) is 0 Å². The number of piperazine rings is 1. The molecule has 2 aromatic heterocycles. The van der Waals surface area contributed by atoms with Gasteiger partial charge in [0.05, 0.1) is 10.5 Å². The van der Waals surface area contributed by atoms with E-state index in [1.807, 2.05) is 12.1 Å². The van der Waals surface area contributed by atoms with Gasteiger partial charge in [-0.15, -0.1) is 0 Å². The maximum absolute atomic E-state index is 12.9. The highest BCUT2D eigenvalue weighted by Crippen LogP contribution is 2.19. The van der Waals surface area contributed by atoms with Crippen LogP contribution in [0.25, 0.3) is 10.9 Å². The molecule has 0 atom stereocenters. The maximum Gasteiger partial charge on any atom is 0.259 e. The lowest BCUT2D eigenvalue weighted by atomic mass is 10.1. The minimum Gasteiger partial charge on any atom is -0.359 e. The first-order valence-electron chi connectivity index (χ1n) is 9.34. The first-order valence-corrected chi connectivity index (χ1v) is 9.72. The zero-order valence-corrected chi connectivity index (χ0v) is 16.2. The molecule has 1 saturated heterocycles. The molecule has 0 spiro atoms. The van der Waals surface area contributed by atoms with Crippen LogP contribution in [0.4, 0.5) is 0 Å². The Hall–Kier alpha value is -2.70. The zero-order valence-electron chi connectivity index (χ0n) is 15.4. The Labute approximate surface area is 167 Å². The second kappa shape index (κ2) is 8.12. The number of fused-ring (bicyclic) bond motifs is 1. The lowest BCUT2D eigenvalue weighted by molar-refractivity contribution is 0.0637. The van der Waals surface area contributed by atoms with Crippen molar-refractivity contribution in [3.63, 3.8) is 0 Å². The van der Waals surface area contributed by atoms with Gasteiger partial charge in [-0.2, -0.15) is 0 Å². The Balaban J connectivity index is 1.41. The molecular formula is C21H21ClN4O2. The molecule has 6 nitrogen and oxygen atoms in total. The van der Waals surface area contributed by atoms with E-state index in [9.17, 15) is 9.59 Å². The van der Waals surface area contributed by atoms with Crippen molar-refractivity contribution in [1.29, 1.82) is 0 Å². The van der Waals surface area contributed by atoms with Crippen LogP contribution in [-0.2, 0) is 6.42 Å². The summed E-state index contributed by atoms with van der Waals surface area (Å²) in [6.45, 7) is 3.77. The van der Waals surface area contributed by atoms with Crippen molar-refractivity contribution in [1.82, 2.24) is 19.8 Å². The number of halogens is 1. The van der Waals surface area contributed by atoms with Gasteiger partial charge in [0.25, 0.3) is 5.91 Å². The average molecular weight is 397 g/mol. The minimum absolute atomic E-state index is 0.167. The zero-order chi connectivity index (χ0) is 19.5. The quantitative estimate of drug-likeness (QED) is 0.736. The van der Waals surface area contributed by atoms with Crippen molar-refractivity contribution in [2.24, 2.45) is 0 Å². The summed E-state index contributed by atoms with van der Waals surface area (Å²) in [5.41, 5.74) is 1.71. The normalized spacial score (nSPS) is 15.1. The largest absolute Gasteiger partial charge is 0.359 e. The molecule has 1 fully saturated rings. The molecule has 1 amide bonds. The third-order valence-electron chi connectivity index (χ3n) is 5.22. The molecule has 0 unspecified atom stereocenters. The number of pyridine rings is 2. The van der Waals surface area contributed by atoms with Crippen LogP contribution in [0.15, 0.2) is 53.7 Å². The van der Waals surface area contributed by atoms with E-state index < -0.39 is 0 Å². The summed E-state index contributed by atoms with van der Waals surface area (Å²) in [5.74, 6) is -0.225. The number of para-hydroxylation sites is 1. The standard InChI is InChI=1S/C21H21ClN4O2/c22-18-3-1-2-16-19(18)24-14-17(20(16)27)21(28)26-12-10-25(11-13-26)9-6-15-4-7-23-8-5-15/h1-5,7-8,14H,6,9-13H2,(H,24,27). The van der Waals surface area contributed by atoms with Crippen LogP contribution in [0.2, 0.25) is 5.02 Å². The van der Waals surface area contributed by atoms with E-state index in [-0.39, 0.29) is 16.9 Å². The van der Waals surface area contributed by atoms with Gasteiger partial charge in [0.1, 0.15) is 5.56 Å². The lowest BCUT2D eigenvalue weighted by Gasteiger charge is -2.34. The molecule has 28 heavy (non-hydrogen) atoms. The van der Waals surface area contributed by atoms with Gasteiger partial charge in [0.2, 0.25) is 5.43 Å². The second-order valence-corrected chi connectivity index (χ2v) is 7.34. The first kappa shape index (κ1) is 18.7. The summed E-state index contributed by atoms with van der Waals surface area (Å²) < 4.78 is 0. The molecule has 1 aliphatic heterocycles. The fourth-order valence-electron chi connectivity index (χ4n) is 3.56. The number of aromatic amines is 1. The van der Waals surface area contributed by atoms with Crippen LogP contribution in [0.1, 0.15) is 15.9 Å². The molecule has 7 heteroatoms. The van der Waals surface area contributed by atoms with Crippen LogP contribution in [-0.4, -0.2) is 58.4 Å². The van der Waals surface area contributed by atoms with Gasteiger partial charge >= 0.3 is 0 Å². The van der Waals surface area contributed by atoms with Crippen LogP contribution in [0.3, 0.4) is 0 Å². The highest BCUT2D eigenvalue weighted by atomic mass is 35.5. The topological polar surface area (TPSA) is 69.3 Å². The molecule has 0 bridgehead atoms. The van der Waals surface area contributed by atoms with E-state index in [1.54, 1.807) is 35.5 Å². The first-order chi connectivity index (χ1) is 13.6. The minimum atomic E-state index is -0.277. The summed E-state index contributed by atoms with van der Waals surface area (Å²) in [6, 6.07) is 9.17. The summed E-state index contributed by atoms with van der Waals surface area (Å²) in [5, 5.41) is 0.908. The highest BCUT2D eigenvalue weighted by Gasteiger charge is 2.24. The van der Waals surface area contributed by atoms with Gasteiger partial charge in [-0.3, -0.25) is 19.5 Å². The Kier molecular flexibility index (Phi) is 5.41. The molecule has 3 heterocycles. The molecular weight excluding hydrogens is 376 g/mol. The van der Waals surface area contributed by atoms with Crippen molar-refractivity contribution < 1.29 is 4.79 Å². The van der Waals surface area contributed by atoms with Crippen LogP contribution >= 0.6 is 11.6 Å². The van der Waals surface area contributed by atoms with E-state index in [0.29, 0.717) is 29.0 Å². The van der Waals surface area contributed by atoms with Gasteiger partial charge in [-0.05, 0) is 36.2 Å². The number of carbonyl (C=O) groups is 1. The van der Waals surface area contributed by atoms with Gasteiger partial charge in [0, 0.05) is 56.7 Å². The molecule has 1 aromatic carbocycles. The molecule has 3 aromatic rings. The predicted molar refractivity (Wildman–Crippen MR) is 110 cm³/mol. The van der Waals surface area contributed by atoms with Gasteiger partial charge in [0.15, 0.2) is 0 Å². The van der Waals surface area contributed by atoms with E-state index in [1.165, 1.54) is 11.8 Å². The second-order valence-electron chi connectivity index (χ2n) is 6.93. The average Bonchev–Trinajstić information content (AvgIpc) is 2.74. The lowest BCUT2D eigenvalue weighted by Crippen LogP contribution is -2.49. The van der Waals surface area contributed by atoms with Crippen molar-refractivity contribution in [3.05, 3.63) is 75.3 Å². The fourth-order valence-corrected chi connectivity index (χ4v) is 3.78. The highest BCUT2D eigenvalue weighted by molar-refractivity contribution is 6.35. The summed E-state index contributed by atoms with van der Waals surface area (Å²) >= 11 is 6.13. The number of amides is 1. The maximum atomic E-state index is 12.9. The predicted octanol–water partition coefficient (Wildman–Crippen LogP) is 2.58. The van der Waals surface area contributed by atoms with Crippen molar-refractivity contribution in [2.45, 2.75) is 6.42 Å². The van der Waals surface area contributed by atoms with Crippen molar-refractivity contribution >= 4 is 28.4 Å². The van der Waals surface area contributed by atoms with Crippen molar-refractivity contribution in [2.75, 3.05) is 32.7 Å². The SMILES string of the molecule is O=C(c1c[nH]c2c(Cl)cccc2c1=O)N1CCN(CCc2ccncc2)CC1. The molecule has 1 N–H and O–H groups in total. The Bertz CT molecular complexity index is 1040. The van der Waals surface area contributed by atoms with Gasteiger partial charge in [-0.1, -0.05) is 17.7 Å². The smallest absolute Gasteiger partial charge is 0.259 e. The summed E-state index contributed by atoms with van der Waals surface area (Å²) in [4.78, 5) is 36.8. The number of carbonyl (C=O) groups excluding carboxylic acids is 1. The monoisotopic (exact) mass is 396 g/mol. The van der Waals surface area contributed by atoms with E-state index in [0.717, 1.165) is 26.1 Å². The fraction of sp³-hybridized carbons (Fsp3) is 0.286. The Morgan fingerprint density at radius 3 is 2.61 bits per heavy atom. The number of hydrogen-bond donors (Lipinski definition) is 1. The number of aromatic nitrogens is 2. The van der Waals surface area contributed by atoms with Crippen LogP contribution in [0.5, 0.6) is 0 Å².